The van der Waals surface area contributed by atoms with Crippen molar-refractivity contribution in [2.75, 3.05) is 24.7 Å². The van der Waals surface area contributed by atoms with Gasteiger partial charge in [0.2, 0.25) is 0 Å². The molecule has 0 spiro atoms. The molecule has 0 radical (unpaired) electrons. The van der Waals surface area contributed by atoms with Crippen LogP contribution in [-0.2, 0) is 14.0 Å². The fourth-order valence-corrected chi connectivity index (χ4v) is 3.82. The van der Waals surface area contributed by atoms with Gasteiger partial charge >= 0.3 is 7.12 Å². The van der Waals surface area contributed by atoms with Crippen molar-refractivity contribution in [3.63, 3.8) is 0 Å². The second-order valence-electron chi connectivity index (χ2n) is 8.84. The maximum Gasteiger partial charge on any atom is 0.494 e. The predicted octanol–water partition coefficient (Wildman–Crippen LogP) is 3.72. The smallest absolute Gasteiger partial charge is 0.399 e. The standard InChI is InChI=1S/C21H34BNO3/c1-8-24-12-11-16-14-23(15(2)3)19-13-17(9-10-18(16)19)22-25-20(4,5)21(6,7)26-22/h9-10,13,15-16H,8,11-12,14H2,1-7H3. The van der Waals surface area contributed by atoms with Gasteiger partial charge in [-0.05, 0) is 72.0 Å². The molecule has 5 heteroatoms. The summed E-state index contributed by atoms with van der Waals surface area (Å²) in [4.78, 5) is 2.50. The topological polar surface area (TPSA) is 30.9 Å². The van der Waals surface area contributed by atoms with Crippen molar-refractivity contribution in [3.8, 4) is 0 Å². The van der Waals surface area contributed by atoms with Gasteiger partial charge in [-0.1, -0.05) is 12.1 Å². The molecule has 1 aromatic carbocycles. The molecule has 0 aromatic heterocycles. The lowest BCUT2D eigenvalue weighted by atomic mass is 9.78. The first-order valence-corrected chi connectivity index (χ1v) is 10.00. The third-order valence-electron chi connectivity index (χ3n) is 6.18. The summed E-state index contributed by atoms with van der Waals surface area (Å²) in [5.41, 5.74) is 3.24. The lowest BCUT2D eigenvalue weighted by molar-refractivity contribution is 0.00578. The van der Waals surface area contributed by atoms with Gasteiger partial charge in [0.15, 0.2) is 0 Å². The van der Waals surface area contributed by atoms with Gasteiger partial charge in [0.05, 0.1) is 11.2 Å². The van der Waals surface area contributed by atoms with Gasteiger partial charge < -0.3 is 18.9 Å². The molecule has 4 nitrogen and oxygen atoms in total. The minimum Gasteiger partial charge on any atom is -0.399 e. The van der Waals surface area contributed by atoms with Crippen LogP contribution < -0.4 is 10.4 Å². The number of rotatable bonds is 6. The molecular formula is C21H34BNO3. The Hall–Kier alpha value is -1.04. The van der Waals surface area contributed by atoms with Crippen LogP contribution in [0, 0.1) is 0 Å². The normalized spacial score (nSPS) is 23.8. The number of fused-ring (bicyclic) bond motifs is 1. The number of nitrogens with zero attached hydrogens (tertiary/aromatic N) is 1. The summed E-state index contributed by atoms with van der Waals surface area (Å²) in [5, 5.41) is 0. The lowest BCUT2D eigenvalue weighted by Gasteiger charge is -2.32. The Morgan fingerprint density at radius 1 is 1.19 bits per heavy atom. The number of hydrogen-bond donors (Lipinski definition) is 0. The fourth-order valence-electron chi connectivity index (χ4n) is 3.82. The van der Waals surface area contributed by atoms with Crippen molar-refractivity contribution in [1.82, 2.24) is 0 Å². The van der Waals surface area contributed by atoms with Crippen LogP contribution >= 0.6 is 0 Å². The van der Waals surface area contributed by atoms with E-state index in [2.05, 4.69) is 71.6 Å². The highest BCUT2D eigenvalue weighted by Gasteiger charge is 2.52. The second-order valence-corrected chi connectivity index (χ2v) is 8.84. The molecule has 0 aliphatic carbocycles. The van der Waals surface area contributed by atoms with E-state index < -0.39 is 0 Å². The Balaban J connectivity index is 1.85. The quantitative estimate of drug-likeness (QED) is 0.572. The van der Waals surface area contributed by atoms with Crippen molar-refractivity contribution in [2.45, 2.75) is 78.0 Å². The summed E-state index contributed by atoms with van der Waals surface area (Å²) in [7, 11) is -0.304. The van der Waals surface area contributed by atoms with Gasteiger partial charge in [-0.25, -0.2) is 0 Å². The van der Waals surface area contributed by atoms with E-state index in [4.69, 9.17) is 14.0 Å². The molecule has 2 heterocycles. The Morgan fingerprint density at radius 3 is 2.42 bits per heavy atom. The van der Waals surface area contributed by atoms with Gasteiger partial charge in [0.1, 0.15) is 0 Å². The Bertz CT molecular complexity index is 628. The van der Waals surface area contributed by atoms with Crippen LogP contribution in [0.25, 0.3) is 0 Å². The minimum atomic E-state index is -0.311. The molecule has 0 N–H and O–H groups in total. The highest BCUT2D eigenvalue weighted by Crippen LogP contribution is 2.40. The maximum absolute atomic E-state index is 6.25. The summed E-state index contributed by atoms with van der Waals surface area (Å²) in [6.07, 6.45) is 1.07. The summed E-state index contributed by atoms with van der Waals surface area (Å²) in [6, 6.07) is 7.20. The van der Waals surface area contributed by atoms with Gasteiger partial charge in [0.25, 0.3) is 0 Å². The molecule has 1 saturated heterocycles. The highest BCUT2D eigenvalue weighted by atomic mass is 16.7. The molecule has 2 aliphatic heterocycles. The average molecular weight is 359 g/mol. The van der Waals surface area contributed by atoms with Crippen LogP contribution in [0.5, 0.6) is 0 Å². The summed E-state index contributed by atoms with van der Waals surface area (Å²) >= 11 is 0. The van der Waals surface area contributed by atoms with E-state index in [-0.39, 0.29) is 18.3 Å². The molecule has 1 atom stereocenters. The zero-order valence-electron chi connectivity index (χ0n) is 17.5. The SMILES string of the molecule is CCOCCC1CN(C(C)C)c2cc(B3OC(C)(C)C(C)(C)O3)ccc21. The monoisotopic (exact) mass is 359 g/mol. The van der Waals surface area contributed by atoms with Gasteiger partial charge in [-0.2, -0.15) is 0 Å². The van der Waals surface area contributed by atoms with Crippen LogP contribution in [0.3, 0.4) is 0 Å². The van der Waals surface area contributed by atoms with Crippen LogP contribution in [0.4, 0.5) is 5.69 Å². The van der Waals surface area contributed by atoms with Gasteiger partial charge in [-0.15, -0.1) is 0 Å². The molecule has 1 aromatic rings. The molecule has 0 amide bonds. The lowest BCUT2D eigenvalue weighted by Crippen LogP contribution is -2.41. The van der Waals surface area contributed by atoms with E-state index in [0.717, 1.165) is 31.6 Å². The first-order valence-electron chi connectivity index (χ1n) is 10.00. The molecule has 144 valence electrons. The number of hydrogen-bond acceptors (Lipinski definition) is 4. The van der Waals surface area contributed by atoms with Crippen molar-refractivity contribution in [1.29, 1.82) is 0 Å². The van der Waals surface area contributed by atoms with Crippen LogP contribution in [0.1, 0.15) is 66.4 Å². The van der Waals surface area contributed by atoms with Crippen LogP contribution in [0.2, 0.25) is 0 Å². The first-order chi connectivity index (χ1) is 12.2. The fraction of sp³-hybridized carbons (Fsp3) is 0.714. The van der Waals surface area contributed by atoms with E-state index in [0.29, 0.717) is 12.0 Å². The number of benzene rings is 1. The van der Waals surface area contributed by atoms with E-state index in [1.165, 1.54) is 11.3 Å². The average Bonchev–Trinajstić information content (AvgIpc) is 3.02. The molecule has 1 fully saturated rings. The largest absolute Gasteiger partial charge is 0.494 e. The predicted molar refractivity (Wildman–Crippen MR) is 108 cm³/mol. The second kappa shape index (κ2) is 7.18. The summed E-state index contributed by atoms with van der Waals surface area (Å²) < 4.78 is 18.1. The van der Waals surface area contributed by atoms with Crippen molar-refractivity contribution < 1.29 is 14.0 Å². The highest BCUT2D eigenvalue weighted by molar-refractivity contribution is 6.62. The molecule has 2 aliphatic rings. The third kappa shape index (κ3) is 3.54. The van der Waals surface area contributed by atoms with Crippen molar-refractivity contribution in [2.24, 2.45) is 0 Å². The number of anilines is 1. The maximum atomic E-state index is 6.25. The van der Waals surface area contributed by atoms with E-state index in [1.54, 1.807) is 0 Å². The summed E-state index contributed by atoms with van der Waals surface area (Å²) in [6.45, 7) is 17.7. The number of ether oxygens (including phenoxy) is 1. The van der Waals surface area contributed by atoms with E-state index >= 15 is 0 Å². The van der Waals surface area contributed by atoms with Crippen LogP contribution in [-0.4, -0.2) is 44.1 Å². The zero-order valence-corrected chi connectivity index (χ0v) is 17.5. The van der Waals surface area contributed by atoms with Crippen molar-refractivity contribution >= 4 is 18.3 Å². The molecule has 26 heavy (non-hydrogen) atoms. The van der Waals surface area contributed by atoms with Gasteiger partial charge in [-0.3, -0.25) is 0 Å². The van der Waals surface area contributed by atoms with E-state index in [9.17, 15) is 0 Å². The zero-order chi connectivity index (χ0) is 19.1. The minimum absolute atomic E-state index is 0.304. The molecular weight excluding hydrogens is 325 g/mol. The van der Waals surface area contributed by atoms with E-state index in [1.807, 2.05) is 0 Å². The Labute approximate surface area is 159 Å². The molecule has 0 saturated carbocycles. The third-order valence-corrected chi connectivity index (χ3v) is 6.18. The van der Waals surface area contributed by atoms with Crippen molar-refractivity contribution in [3.05, 3.63) is 23.8 Å². The first kappa shape index (κ1) is 19.7. The summed E-state index contributed by atoms with van der Waals surface area (Å²) in [5.74, 6) is 0.534. The van der Waals surface area contributed by atoms with Crippen LogP contribution in [0.15, 0.2) is 18.2 Å². The molecule has 3 rings (SSSR count). The molecule has 1 unspecified atom stereocenters. The van der Waals surface area contributed by atoms with Gasteiger partial charge in [0, 0.05) is 37.4 Å². The Morgan fingerprint density at radius 2 is 1.85 bits per heavy atom. The Kier molecular flexibility index (Phi) is 5.44. The molecule has 0 bridgehead atoms.